The van der Waals surface area contributed by atoms with Crippen LogP contribution in [0.15, 0.2) is 84.1 Å². The van der Waals surface area contributed by atoms with Crippen LogP contribution < -0.4 is 5.43 Å². The van der Waals surface area contributed by atoms with E-state index in [0.29, 0.717) is 27.4 Å². The van der Waals surface area contributed by atoms with Gasteiger partial charge in [0, 0.05) is 33.5 Å². The number of hydrogen-bond acceptors (Lipinski definition) is 3. The van der Waals surface area contributed by atoms with Gasteiger partial charge in [-0.05, 0) is 35.2 Å². The summed E-state index contributed by atoms with van der Waals surface area (Å²) in [7, 11) is 0. The molecule has 35 heavy (non-hydrogen) atoms. The van der Waals surface area contributed by atoms with Crippen molar-refractivity contribution in [2.45, 2.75) is 32.7 Å². The molecule has 0 fully saturated rings. The van der Waals surface area contributed by atoms with E-state index in [0.717, 1.165) is 11.1 Å². The summed E-state index contributed by atoms with van der Waals surface area (Å²) in [5.74, 6) is -0.706. The van der Waals surface area contributed by atoms with Crippen molar-refractivity contribution in [3.63, 3.8) is 0 Å². The van der Waals surface area contributed by atoms with Gasteiger partial charge in [0.15, 0.2) is 0 Å². The number of benzene rings is 3. The van der Waals surface area contributed by atoms with Gasteiger partial charge in [0.2, 0.25) is 0 Å². The van der Waals surface area contributed by atoms with Gasteiger partial charge in [-0.3, -0.25) is 9.48 Å². The van der Waals surface area contributed by atoms with Crippen LogP contribution in [0.1, 0.15) is 47.8 Å². The number of hydrazone groups is 1. The van der Waals surface area contributed by atoms with Gasteiger partial charge >= 0.3 is 0 Å². The van der Waals surface area contributed by atoms with E-state index in [4.69, 9.17) is 11.6 Å². The Hall–Kier alpha value is -3.77. The van der Waals surface area contributed by atoms with E-state index in [1.165, 1.54) is 12.3 Å². The summed E-state index contributed by atoms with van der Waals surface area (Å²) in [6.07, 6.45) is 3.29. The molecule has 5 nitrogen and oxygen atoms in total. The Morgan fingerprint density at radius 3 is 2.43 bits per heavy atom. The zero-order chi connectivity index (χ0) is 25.0. The minimum absolute atomic E-state index is 0.00798. The van der Waals surface area contributed by atoms with E-state index < -0.39 is 5.82 Å². The number of carbonyl (C=O) groups is 1. The quantitative estimate of drug-likeness (QED) is 0.250. The average Bonchev–Trinajstić information content (AvgIpc) is 3.24. The third-order valence-electron chi connectivity index (χ3n) is 5.60. The first-order valence-corrected chi connectivity index (χ1v) is 11.6. The molecule has 0 aliphatic carbocycles. The minimum Gasteiger partial charge on any atom is -0.267 e. The second-order valence-electron chi connectivity index (χ2n) is 9.22. The smallest absolute Gasteiger partial charge is 0.267 e. The van der Waals surface area contributed by atoms with E-state index >= 15 is 0 Å². The van der Waals surface area contributed by atoms with Crippen LogP contribution in [0, 0.1) is 5.82 Å². The number of aromatic nitrogens is 2. The Morgan fingerprint density at radius 1 is 1.06 bits per heavy atom. The third kappa shape index (κ3) is 5.84. The van der Waals surface area contributed by atoms with Crippen LogP contribution in [0.4, 0.5) is 4.39 Å². The lowest BCUT2D eigenvalue weighted by molar-refractivity contribution is 0.0955. The molecule has 3 aromatic carbocycles. The van der Waals surface area contributed by atoms with Gasteiger partial charge < -0.3 is 0 Å². The standard InChI is InChI=1S/C28H26ClFN4O/c1-28(2,3)22-14-12-20(13-15-22)27(35)32-31-16-21-17-34(18-23-24(29)10-7-11-25(23)30)33-26(21)19-8-5-4-6-9-19/h4-17H,18H2,1-3H3,(H,32,35)/b31-16+. The van der Waals surface area contributed by atoms with Crippen molar-refractivity contribution in [1.82, 2.24) is 15.2 Å². The summed E-state index contributed by atoms with van der Waals surface area (Å²) in [6.45, 7) is 6.52. The highest BCUT2D eigenvalue weighted by Gasteiger charge is 2.15. The number of amides is 1. The molecule has 1 aromatic heterocycles. The molecule has 7 heteroatoms. The summed E-state index contributed by atoms with van der Waals surface area (Å²) in [6, 6.07) is 21.6. The van der Waals surface area contributed by atoms with Crippen LogP contribution in [0.25, 0.3) is 11.3 Å². The predicted molar refractivity (Wildman–Crippen MR) is 138 cm³/mol. The number of rotatable bonds is 6. The fourth-order valence-corrected chi connectivity index (χ4v) is 3.85. The molecule has 1 N–H and O–H groups in total. The molecule has 0 radical (unpaired) electrons. The van der Waals surface area contributed by atoms with Crippen molar-refractivity contribution in [3.8, 4) is 11.3 Å². The molecule has 1 heterocycles. The number of halogens is 2. The molecule has 0 spiro atoms. The molecule has 4 rings (SSSR count). The summed E-state index contributed by atoms with van der Waals surface area (Å²) >= 11 is 6.20. The first kappa shape index (κ1) is 24.4. The predicted octanol–water partition coefficient (Wildman–Crippen LogP) is 6.45. The molecular formula is C28H26ClFN4O. The van der Waals surface area contributed by atoms with Crippen LogP contribution in [-0.2, 0) is 12.0 Å². The Morgan fingerprint density at radius 2 is 1.77 bits per heavy atom. The highest BCUT2D eigenvalue weighted by molar-refractivity contribution is 6.31. The zero-order valence-electron chi connectivity index (χ0n) is 19.8. The number of carbonyl (C=O) groups excluding carboxylic acids is 1. The highest BCUT2D eigenvalue weighted by Crippen LogP contribution is 2.24. The molecule has 0 saturated heterocycles. The summed E-state index contributed by atoms with van der Waals surface area (Å²) in [4.78, 5) is 12.6. The Kier molecular flexibility index (Phi) is 7.12. The van der Waals surface area contributed by atoms with Crippen molar-refractivity contribution < 1.29 is 9.18 Å². The third-order valence-corrected chi connectivity index (χ3v) is 5.96. The van der Waals surface area contributed by atoms with E-state index in [-0.39, 0.29) is 17.9 Å². The van der Waals surface area contributed by atoms with E-state index in [1.54, 1.807) is 35.1 Å². The van der Waals surface area contributed by atoms with E-state index in [2.05, 4.69) is 36.4 Å². The zero-order valence-corrected chi connectivity index (χ0v) is 20.6. The maximum absolute atomic E-state index is 14.3. The van der Waals surface area contributed by atoms with Crippen molar-refractivity contribution in [2.75, 3.05) is 0 Å². The Balaban J connectivity index is 1.56. The second kappa shape index (κ2) is 10.2. The van der Waals surface area contributed by atoms with E-state index in [9.17, 15) is 9.18 Å². The minimum atomic E-state index is -0.394. The normalized spacial score (nSPS) is 11.7. The van der Waals surface area contributed by atoms with Gasteiger partial charge in [0.25, 0.3) is 5.91 Å². The van der Waals surface area contributed by atoms with Gasteiger partial charge in [0.1, 0.15) is 11.5 Å². The molecule has 0 atom stereocenters. The average molecular weight is 489 g/mol. The molecule has 0 bridgehead atoms. The SMILES string of the molecule is CC(C)(C)c1ccc(C(=O)N/N=C/c2cn(Cc3c(F)cccc3Cl)nc2-c2ccccc2)cc1. The van der Waals surface area contributed by atoms with Crippen molar-refractivity contribution in [2.24, 2.45) is 5.10 Å². The Labute approximate surface area is 209 Å². The maximum Gasteiger partial charge on any atom is 0.271 e. The number of hydrogen-bond donors (Lipinski definition) is 1. The van der Waals surface area contributed by atoms with Gasteiger partial charge in [-0.1, -0.05) is 80.9 Å². The van der Waals surface area contributed by atoms with Crippen LogP contribution >= 0.6 is 11.6 Å². The monoisotopic (exact) mass is 488 g/mol. The van der Waals surface area contributed by atoms with Crippen molar-refractivity contribution in [1.29, 1.82) is 0 Å². The van der Waals surface area contributed by atoms with Crippen molar-refractivity contribution in [3.05, 3.63) is 112 Å². The van der Waals surface area contributed by atoms with Gasteiger partial charge in [0.05, 0.1) is 12.8 Å². The summed E-state index contributed by atoms with van der Waals surface area (Å²) < 4.78 is 15.9. The maximum atomic E-state index is 14.3. The highest BCUT2D eigenvalue weighted by atomic mass is 35.5. The lowest BCUT2D eigenvalue weighted by atomic mass is 9.87. The molecule has 0 saturated carbocycles. The Bertz CT molecular complexity index is 1340. The lowest BCUT2D eigenvalue weighted by Gasteiger charge is -2.18. The molecular weight excluding hydrogens is 463 g/mol. The molecule has 0 aliphatic rings. The van der Waals surface area contributed by atoms with Crippen molar-refractivity contribution >= 4 is 23.7 Å². The lowest BCUT2D eigenvalue weighted by Crippen LogP contribution is -2.18. The first-order chi connectivity index (χ1) is 16.7. The molecule has 0 unspecified atom stereocenters. The van der Waals surface area contributed by atoms with Gasteiger partial charge in [-0.2, -0.15) is 10.2 Å². The molecule has 4 aromatic rings. The van der Waals surface area contributed by atoms with E-state index in [1.807, 2.05) is 42.5 Å². The number of nitrogens with zero attached hydrogens (tertiary/aromatic N) is 3. The fourth-order valence-electron chi connectivity index (χ4n) is 3.62. The molecule has 178 valence electrons. The van der Waals surface area contributed by atoms with Gasteiger partial charge in [-0.15, -0.1) is 0 Å². The van der Waals surface area contributed by atoms with Crippen LogP contribution in [-0.4, -0.2) is 21.9 Å². The number of nitrogens with one attached hydrogen (secondary N) is 1. The first-order valence-electron chi connectivity index (χ1n) is 11.2. The fraction of sp³-hybridized carbons (Fsp3) is 0.179. The largest absolute Gasteiger partial charge is 0.271 e. The van der Waals surface area contributed by atoms with Crippen LogP contribution in [0.3, 0.4) is 0 Å². The van der Waals surface area contributed by atoms with Crippen LogP contribution in [0.5, 0.6) is 0 Å². The van der Waals surface area contributed by atoms with Gasteiger partial charge in [-0.25, -0.2) is 9.82 Å². The summed E-state index contributed by atoms with van der Waals surface area (Å²) in [5.41, 5.74) is 6.80. The molecule has 0 aliphatic heterocycles. The molecule has 1 amide bonds. The summed E-state index contributed by atoms with van der Waals surface area (Å²) in [5, 5.41) is 9.12. The topological polar surface area (TPSA) is 59.3 Å². The second-order valence-corrected chi connectivity index (χ2v) is 9.63. The van der Waals surface area contributed by atoms with Crippen LogP contribution in [0.2, 0.25) is 5.02 Å².